The summed E-state index contributed by atoms with van der Waals surface area (Å²) in [6.07, 6.45) is 1.11. The summed E-state index contributed by atoms with van der Waals surface area (Å²) in [5.74, 6) is 0. The van der Waals surface area contributed by atoms with Crippen molar-refractivity contribution >= 4 is 10.0 Å². The zero-order valence-corrected chi connectivity index (χ0v) is 10.7. The summed E-state index contributed by atoms with van der Waals surface area (Å²) in [5, 5.41) is 8.56. The van der Waals surface area contributed by atoms with Crippen LogP contribution in [-0.4, -0.2) is 55.5 Å². The molecule has 16 heavy (non-hydrogen) atoms. The molecule has 0 bridgehead atoms. The molecule has 1 rings (SSSR count). The third-order valence-corrected chi connectivity index (χ3v) is 5.38. The highest BCUT2D eigenvalue weighted by Crippen LogP contribution is 2.21. The normalized spacial score (nSPS) is 19.6. The van der Waals surface area contributed by atoms with Crippen molar-refractivity contribution in [2.45, 2.75) is 38.0 Å². The van der Waals surface area contributed by atoms with Crippen molar-refractivity contribution in [3.8, 4) is 0 Å². The Labute approximate surface area is 97.4 Å². The summed E-state index contributed by atoms with van der Waals surface area (Å²) in [6, 6.07) is -0.111. The summed E-state index contributed by atoms with van der Waals surface area (Å²) in [7, 11) is -3.29. The van der Waals surface area contributed by atoms with Crippen LogP contribution in [0.15, 0.2) is 0 Å². The predicted molar refractivity (Wildman–Crippen MR) is 61.7 cm³/mol. The Morgan fingerprint density at radius 2 is 1.94 bits per heavy atom. The van der Waals surface area contributed by atoms with E-state index in [-0.39, 0.29) is 24.4 Å². The van der Waals surface area contributed by atoms with E-state index in [1.54, 1.807) is 0 Å². The van der Waals surface area contributed by atoms with Gasteiger partial charge in [0.05, 0.1) is 11.9 Å². The highest BCUT2D eigenvalue weighted by Gasteiger charge is 2.34. The molecule has 0 radical (unpaired) electrons. The van der Waals surface area contributed by atoms with E-state index in [4.69, 9.17) is 9.84 Å². The average molecular weight is 251 g/mol. The first-order valence-corrected chi connectivity index (χ1v) is 7.19. The van der Waals surface area contributed by atoms with Gasteiger partial charge in [0.15, 0.2) is 0 Å². The molecule has 0 saturated carbocycles. The molecule has 6 heteroatoms. The first kappa shape index (κ1) is 13.9. The molecule has 0 atom stereocenters. The molecule has 0 aliphatic carbocycles. The van der Waals surface area contributed by atoms with Crippen LogP contribution in [0.5, 0.6) is 0 Å². The quantitative estimate of drug-likeness (QED) is 0.758. The Hall–Kier alpha value is -0.170. The maximum absolute atomic E-state index is 12.3. The van der Waals surface area contributed by atoms with Crippen LogP contribution in [0, 0.1) is 0 Å². The maximum atomic E-state index is 12.3. The van der Waals surface area contributed by atoms with E-state index in [1.807, 2.05) is 13.8 Å². The van der Waals surface area contributed by atoms with Gasteiger partial charge in [0, 0.05) is 25.8 Å². The number of hydrogen-bond donors (Lipinski definition) is 1. The van der Waals surface area contributed by atoms with Crippen LogP contribution in [-0.2, 0) is 14.8 Å². The number of aliphatic hydroxyl groups is 1. The molecule has 0 unspecified atom stereocenters. The van der Waals surface area contributed by atoms with Crippen molar-refractivity contribution in [2.75, 3.05) is 26.4 Å². The fourth-order valence-corrected chi connectivity index (χ4v) is 4.04. The minimum Gasteiger partial charge on any atom is -0.395 e. The van der Waals surface area contributed by atoms with Crippen LogP contribution >= 0.6 is 0 Å². The Morgan fingerprint density at radius 3 is 2.38 bits per heavy atom. The molecule has 0 amide bonds. The second-order valence-electron chi connectivity index (χ2n) is 4.28. The second-order valence-corrected chi connectivity index (χ2v) is 6.45. The third kappa shape index (κ3) is 3.16. The van der Waals surface area contributed by atoms with Crippen molar-refractivity contribution < 1.29 is 18.3 Å². The van der Waals surface area contributed by atoms with E-state index in [0.29, 0.717) is 26.1 Å². The lowest BCUT2D eigenvalue weighted by Gasteiger charge is -2.31. The van der Waals surface area contributed by atoms with Crippen LogP contribution < -0.4 is 0 Å². The van der Waals surface area contributed by atoms with Gasteiger partial charge in [-0.2, -0.15) is 4.31 Å². The van der Waals surface area contributed by atoms with Crippen LogP contribution in [0.3, 0.4) is 0 Å². The molecule has 0 spiro atoms. The molecule has 0 aromatic heterocycles. The monoisotopic (exact) mass is 251 g/mol. The lowest BCUT2D eigenvalue weighted by Crippen LogP contribution is -2.45. The largest absolute Gasteiger partial charge is 0.395 e. The third-order valence-electron chi connectivity index (χ3n) is 2.81. The van der Waals surface area contributed by atoms with Crippen molar-refractivity contribution in [1.82, 2.24) is 4.31 Å². The Morgan fingerprint density at radius 1 is 1.38 bits per heavy atom. The minimum absolute atomic E-state index is 0.111. The molecular formula is C10H21NO4S. The molecule has 5 nitrogen and oxygen atoms in total. The Kier molecular flexibility index (Phi) is 5.17. The summed E-state index contributed by atoms with van der Waals surface area (Å²) in [5.41, 5.74) is 0. The zero-order chi connectivity index (χ0) is 12.2. The van der Waals surface area contributed by atoms with E-state index in [2.05, 4.69) is 0 Å². The molecule has 0 aromatic carbocycles. The first-order chi connectivity index (χ1) is 7.50. The topological polar surface area (TPSA) is 66.8 Å². The minimum atomic E-state index is -3.29. The SMILES string of the molecule is CC(C)N(CCO)S(=O)(=O)C1CCOCC1. The van der Waals surface area contributed by atoms with Gasteiger partial charge in [-0.05, 0) is 26.7 Å². The van der Waals surface area contributed by atoms with Gasteiger partial charge in [-0.25, -0.2) is 8.42 Å². The van der Waals surface area contributed by atoms with Crippen molar-refractivity contribution in [3.05, 3.63) is 0 Å². The summed E-state index contributed by atoms with van der Waals surface area (Å²) in [6.45, 7) is 4.71. The van der Waals surface area contributed by atoms with Crippen LogP contribution in [0.25, 0.3) is 0 Å². The number of nitrogens with zero attached hydrogens (tertiary/aromatic N) is 1. The lowest BCUT2D eigenvalue weighted by molar-refractivity contribution is 0.0966. The molecule has 1 saturated heterocycles. The molecule has 1 aliphatic rings. The summed E-state index contributed by atoms with van der Waals surface area (Å²) >= 11 is 0. The van der Waals surface area contributed by atoms with E-state index in [0.717, 1.165) is 0 Å². The highest BCUT2D eigenvalue weighted by atomic mass is 32.2. The van der Waals surface area contributed by atoms with Gasteiger partial charge in [0.1, 0.15) is 0 Å². The first-order valence-electron chi connectivity index (χ1n) is 5.69. The zero-order valence-electron chi connectivity index (χ0n) is 9.92. The standard InChI is InChI=1S/C10H21NO4S/c1-9(2)11(5-6-12)16(13,14)10-3-7-15-8-4-10/h9-10,12H,3-8H2,1-2H3. The molecule has 1 N–H and O–H groups in total. The van der Waals surface area contributed by atoms with Gasteiger partial charge in [0.2, 0.25) is 10.0 Å². The van der Waals surface area contributed by atoms with Crippen molar-refractivity contribution in [3.63, 3.8) is 0 Å². The van der Waals surface area contributed by atoms with Gasteiger partial charge in [0.25, 0.3) is 0 Å². The Balaban J connectivity index is 2.79. The van der Waals surface area contributed by atoms with Crippen molar-refractivity contribution in [1.29, 1.82) is 0 Å². The molecule has 96 valence electrons. The van der Waals surface area contributed by atoms with Gasteiger partial charge in [-0.1, -0.05) is 0 Å². The smallest absolute Gasteiger partial charge is 0.217 e. The van der Waals surface area contributed by atoms with E-state index >= 15 is 0 Å². The van der Waals surface area contributed by atoms with Gasteiger partial charge in [-0.3, -0.25) is 0 Å². The number of hydrogen-bond acceptors (Lipinski definition) is 4. The molecule has 1 fully saturated rings. The maximum Gasteiger partial charge on any atom is 0.217 e. The number of rotatable bonds is 5. The number of aliphatic hydroxyl groups excluding tert-OH is 1. The van der Waals surface area contributed by atoms with Crippen LogP contribution in [0.4, 0.5) is 0 Å². The fourth-order valence-electron chi connectivity index (χ4n) is 1.94. The molecule has 1 aliphatic heterocycles. The summed E-state index contributed by atoms with van der Waals surface area (Å²) < 4.78 is 31.1. The molecule has 0 aromatic rings. The predicted octanol–water partition coefficient (Wildman–Crippen LogP) is 0.198. The van der Waals surface area contributed by atoms with E-state index in [9.17, 15) is 8.42 Å². The fraction of sp³-hybridized carbons (Fsp3) is 1.00. The highest BCUT2D eigenvalue weighted by molar-refractivity contribution is 7.89. The van der Waals surface area contributed by atoms with Gasteiger partial charge < -0.3 is 9.84 Å². The van der Waals surface area contributed by atoms with E-state index in [1.165, 1.54) is 4.31 Å². The Bertz CT molecular complexity index is 296. The summed E-state index contributed by atoms with van der Waals surface area (Å²) in [4.78, 5) is 0. The van der Waals surface area contributed by atoms with Gasteiger partial charge in [-0.15, -0.1) is 0 Å². The number of ether oxygens (including phenoxy) is 1. The molecule has 1 heterocycles. The second kappa shape index (κ2) is 5.95. The number of sulfonamides is 1. The van der Waals surface area contributed by atoms with Crippen LogP contribution in [0.1, 0.15) is 26.7 Å². The van der Waals surface area contributed by atoms with Gasteiger partial charge >= 0.3 is 0 Å². The van der Waals surface area contributed by atoms with Crippen LogP contribution in [0.2, 0.25) is 0 Å². The average Bonchev–Trinajstić information content (AvgIpc) is 2.26. The van der Waals surface area contributed by atoms with E-state index < -0.39 is 10.0 Å². The lowest BCUT2D eigenvalue weighted by atomic mass is 10.2. The molecular weight excluding hydrogens is 230 g/mol. The van der Waals surface area contributed by atoms with Crippen molar-refractivity contribution in [2.24, 2.45) is 0 Å².